The molecule has 0 saturated heterocycles. The summed E-state index contributed by atoms with van der Waals surface area (Å²) in [6.07, 6.45) is 4.27. The molecule has 0 spiro atoms. The minimum Gasteiger partial charge on any atom is -0.480 e. The lowest BCUT2D eigenvalue weighted by molar-refractivity contribution is -0.141. The molecule has 0 fully saturated rings. The summed E-state index contributed by atoms with van der Waals surface area (Å²) >= 11 is 3.91. The van der Waals surface area contributed by atoms with Crippen molar-refractivity contribution in [3.63, 3.8) is 0 Å². The average Bonchev–Trinajstić information content (AvgIpc) is 3.45. The lowest BCUT2D eigenvalue weighted by atomic mass is 10.0. The standard InChI is InChI=1S/C26H45N9O7S/c1-14(2)9-18(24(39)32-17(6-7-21(29)36)23(38)35-20(12-43)26(41)42)34-25(40)19(10-15-11-30-13-31-15)33-22(37)16(28)5-3-4-8-27/h11,13-14,16-20,43H,3-10,12,27-28H2,1-2H3,(H2,29,36)(H,30,31)(H,32,39)(H,33,37)(H,34,40)(H,35,38)(H,41,42). The van der Waals surface area contributed by atoms with E-state index in [1.54, 1.807) is 0 Å². The molecule has 0 bridgehead atoms. The summed E-state index contributed by atoms with van der Waals surface area (Å²) in [5.74, 6) is -5.23. The zero-order valence-electron chi connectivity index (χ0n) is 24.5. The van der Waals surface area contributed by atoms with E-state index in [0.29, 0.717) is 31.5 Å². The van der Waals surface area contributed by atoms with E-state index in [9.17, 15) is 33.9 Å². The number of imidazole rings is 1. The van der Waals surface area contributed by atoms with Gasteiger partial charge in [0.2, 0.25) is 29.5 Å². The molecule has 0 aliphatic heterocycles. The largest absolute Gasteiger partial charge is 0.480 e. The number of primary amides is 1. The molecule has 0 saturated carbocycles. The summed E-state index contributed by atoms with van der Waals surface area (Å²) < 4.78 is 0. The van der Waals surface area contributed by atoms with E-state index in [2.05, 4.69) is 43.9 Å². The second kappa shape index (κ2) is 19.5. The van der Waals surface area contributed by atoms with E-state index in [1.165, 1.54) is 12.5 Å². The molecule has 5 atom stereocenters. The second-order valence-electron chi connectivity index (χ2n) is 10.6. The molecular weight excluding hydrogens is 582 g/mol. The molecule has 1 aromatic heterocycles. The highest BCUT2D eigenvalue weighted by atomic mass is 32.1. The number of hydrogen-bond acceptors (Lipinski definition) is 10. The van der Waals surface area contributed by atoms with Gasteiger partial charge in [0.05, 0.1) is 12.4 Å². The normalized spacial score (nSPS) is 14.6. The van der Waals surface area contributed by atoms with Gasteiger partial charge in [0.15, 0.2) is 0 Å². The zero-order valence-corrected chi connectivity index (χ0v) is 25.4. The van der Waals surface area contributed by atoms with Crippen molar-refractivity contribution in [2.24, 2.45) is 23.1 Å². The number of carboxylic acid groups (broad SMARTS) is 1. The molecule has 5 amide bonds. The number of carboxylic acids is 1. The number of unbranched alkanes of at least 4 members (excludes halogenated alkanes) is 1. The summed E-state index contributed by atoms with van der Waals surface area (Å²) in [5.41, 5.74) is 17.3. The Balaban J connectivity index is 3.14. The number of nitrogens with one attached hydrogen (secondary N) is 5. The molecule has 1 rings (SSSR count). The molecule has 0 aliphatic rings. The third-order valence-electron chi connectivity index (χ3n) is 6.37. The monoisotopic (exact) mass is 627 g/mol. The molecule has 43 heavy (non-hydrogen) atoms. The van der Waals surface area contributed by atoms with Crippen LogP contribution in [0.5, 0.6) is 0 Å². The number of aromatic amines is 1. The first-order valence-corrected chi connectivity index (χ1v) is 14.7. The van der Waals surface area contributed by atoms with Crippen LogP contribution in [0.15, 0.2) is 12.5 Å². The van der Waals surface area contributed by atoms with E-state index in [1.807, 2.05) is 13.8 Å². The van der Waals surface area contributed by atoms with E-state index < -0.39 is 65.7 Å². The van der Waals surface area contributed by atoms with Crippen LogP contribution >= 0.6 is 12.6 Å². The highest BCUT2D eigenvalue weighted by Crippen LogP contribution is 2.09. The molecule has 1 heterocycles. The van der Waals surface area contributed by atoms with Crippen LogP contribution in [-0.2, 0) is 35.2 Å². The van der Waals surface area contributed by atoms with Gasteiger partial charge in [-0.05, 0) is 38.1 Å². The number of nitrogens with two attached hydrogens (primary N) is 3. The fourth-order valence-corrected chi connectivity index (χ4v) is 4.25. The summed E-state index contributed by atoms with van der Waals surface area (Å²) in [5, 5.41) is 19.3. The topological polar surface area (TPSA) is 278 Å². The van der Waals surface area contributed by atoms with Crippen LogP contribution in [0.2, 0.25) is 0 Å². The summed E-state index contributed by atoms with van der Waals surface area (Å²) in [4.78, 5) is 82.1. The van der Waals surface area contributed by atoms with Gasteiger partial charge in [-0.3, -0.25) is 24.0 Å². The lowest BCUT2D eigenvalue weighted by Crippen LogP contribution is -2.59. The highest BCUT2D eigenvalue weighted by Gasteiger charge is 2.32. The fourth-order valence-electron chi connectivity index (χ4n) is 4.00. The Morgan fingerprint density at radius 3 is 2.02 bits per heavy atom. The Hall–Kier alpha value is -3.70. The van der Waals surface area contributed by atoms with Crippen LogP contribution < -0.4 is 38.5 Å². The minimum atomic E-state index is -1.34. The van der Waals surface area contributed by atoms with Gasteiger partial charge >= 0.3 is 5.97 Å². The molecule has 0 aliphatic carbocycles. The van der Waals surface area contributed by atoms with Crippen molar-refractivity contribution < 1.29 is 33.9 Å². The smallest absolute Gasteiger partial charge is 0.327 e. The van der Waals surface area contributed by atoms with E-state index >= 15 is 0 Å². The van der Waals surface area contributed by atoms with Gasteiger partial charge < -0.3 is 48.6 Å². The number of H-pyrrole nitrogens is 1. The number of hydrogen-bond donors (Lipinski definition) is 10. The summed E-state index contributed by atoms with van der Waals surface area (Å²) in [6, 6.07) is -5.84. The number of carbonyl (C=O) groups excluding carboxylic acids is 5. The van der Waals surface area contributed by atoms with E-state index in [-0.39, 0.29) is 37.4 Å². The first-order valence-electron chi connectivity index (χ1n) is 14.0. The molecular formula is C26H45N9O7S. The lowest BCUT2D eigenvalue weighted by Gasteiger charge is -2.27. The average molecular weight is 628 g/mol. The Morgan fingerprint density at radius 2 is 1.49 bits per heavy atom. The van der Waals surface area contributed by atoms with Gasteiger partial charge in [0, 0.05) is 30.5 Å². The predicted molar refractivity (Wildman–Crippen MR) is 160 cm³/mol. The van der Waals surface area contributed by atoms with Gasteiger partial charge in [-0.1, -0.05) is 20.3 Å². The van der Waals surface area contributed by atoms with E-state index in [0.717, 1.165) is 0 Å². The van der Waals surface area contributed by atoms with Crippen molar-refractivity contribution in [1.29, 1.82) is 0 Å². The number of nitrogens with zero attached hydrogens (tertiary/aromatic N) is 1. The maximum absolute atomic E-state index is 13.5. The summed E-state index contributed by atoms with van der Waals surface area (Å²) in [7, 11) is 0. The maximum Gasteiger partial charge on any atom is 0.327 e. The molecule has 0 radical (unpaired) electrons. The quantitative estimate of drug-likeness (QED) is 0.0513. The first-order chi connectivity index (χ1) is 20.3. The molecule has 16 nitrogen and oxygen atoms in total. The van der Waals surface area contributed by atoms with Crippen molar-refractivity contribution in [1.82, 2.24) is 31.2 Å². The van der Waals surface area contributed by atoms with Crippen LogP contribution in [0.4, 0.5) is 0 Å². The number of rotatable bonds is 21. The van der Waals surface area contributed by atoms with Crippen molar-refractivity contribution in [3.8, 4) is 0 Å². The van der Waals surface area contributed by atoms with E-state index in [4.69, 9.17) is 17.2 Å². The number of carbonyl (C=O) groups is 6. The van der Waals surface area contributed by atoms with Crippen molar-refractivity contribution in [2.45, 2.75) is 89.0 Å². The van der Waals surface area contributed by atoms with Crippen molar-refractivity contribution in [2.75, 3.05) is 12.3 Å². The molecule has 0 aromatic carbocycles. The summed E-state index contributed by atoms with van der Waals surface area (Å²) in [6.45, 7) is 4.09. The Kier molecular flexibility index (Phi) is 16.9. The van der Waals surface area contributed by atoms with Crippen LogP contribution in [-0.4, -0.2) is 93.1 Å². The van der Waals surface area contributed by atoms with Gasteiger partial charge in [0.1, 0.15) is 24.2 Å². The fraction of sp³-hybridized carbons (Fsp3) is 0.654. The second-order valence-corrected chi connectivity index (χ2v) is 10.9. The number of aliphatic carboxylic acids is 1. The predicted octanol–water partition coefficient (Wildman–Crippen LogP) is -2.33. The number of aromatic nitrogens is 2. The Bertz CT molecular complexity index is 1070. The van der Waals surface area contributed by atoms with Gasteiger partial charge in [-0.2, -0.15) is 12.6 Å². The first kappa shape index (κ1) is 37.3. The molecule has 1 aromatic rings. The molecule has 17 heteroatoms. The maximum atomic E-state index is 13.5. The van der Waals surface area contributed by atoms with Crippen molar-refractivity contribution >= 4 is 48.1 Å². The SMILES string of the molecule is CC(C)CC(NC(=O)C(Cc1cnc[nH]1)NC(=O)C(N)CCCCN)C(=O)NC(CCC(N)=O)C(=O)NC(CS)C(=O)O. The van der Waals surface area contributed by atoms with Gasteiger partial charge in [-0.25, -0.2) is 9.78 Å². The number of amides is 5. The Labute approximate surface area is 255 Å². The molecule has 242 valence electrons. The van der Waals surface area contributed by atoms with Crippen LogP contribution in [0.3, 0.4) is 0 Å². The third-order valence-corrected chi connectivity index (χ3v) is 6.73. The van der Waals surface area contributed by atoms with Crippen LogP contribution in [0.25, 0.3) is 0 Å². The Morgan fingerprint density at radius 1 is 0.907 bits per heavy atom. The van der Waals surface area contributed by atoms with Crippen molar-refractivity contribution in [3.05, 3.63) is 18.2 Å². The van der Waals surface area contributed by atoms with Gasteiger partial charge in [0.25, 0.3) is 0 Å². The minimum absolute atomic E-state index is 0.0209. The van der Waals surface area contributed by atoms with Crippen LogP contribution in [0.1, 0.15) is 58.1 Å². The molecule has 5 unspecified atom stereocenters. The van der Waals surface area contributed by atoms with Gasteiger partial charge in [-0.15, -0.1) is 0 Å². The van der Waals surface area contributed by atoms with Crippen LogP contribution in [0, 0.1) is 5.92 Å². The molecule has 12 N–H and O–H groups in total. The third kappa shape index (κ3) is 14.4. The number of thiol groups is 1. The zero-order chi connectivity index (χ0) is 32.5. The highest BCUT2D eigenvalue weighted by molar-refractivity contribution is 7.80.